The van der Waals surface area contributed by atoms with E-state index in [9.17, 15) is 9.90 Å². The molecule has 2 heterocycles. The van der Waals surface area contributed by atoms with E-state index in [1.54, 1.807) is 0 Å². The summed E-state index contributed by atoms with van der Waals surface area (Å²) in [5, 5.41) is 9.55. The SMILES string of the molecule is COC1OCC2OC(=O)OC2C1O. The number of ether oxygens (including phenoxy) is 4. The molecular formula is C7H10O6. The minimum atomic E-state index is -0.991. The Labute approximate surface area is 74.3 Å². The minimum absolute atomic E-state index is 0.186. The Morgan fingerprint density at radius 2 is 2.31 bits per heavy atom. The molecule has 2 fully saturated rings. The van der Waals surface area contributed by atoms with E-state index in [2.05, 4.69) is 0 Å². The second-order valence-corrected chi connectivity index (χ2v) is 2.92. The van der Waals surface area contributed by atoms with Gasteiger partial charge in [-0.1, -0.05) is 0 Å². The van der Waals surface area contributed by atoms with E-state index < -0.39 is 30.8 Å². The van der Waals surface area contributed by atoms with E-state index in [4.69, 9.17) is 18.9 Å². The Kier molecular flexibility index (Phi) is 2.10. The van der Waals surface area contributed by atoms with Crippen LogP contribution in [0.3, 0.4) is 0 Å². The largest absolute Gasteiger partial charge is 0.509 e. The van der Waals surface area contributed by atoms with Crippen molar-refractivity contribution in [2.75, 3.05) is 13.7 Å². The molecule has 0 spiro atoms. The zero-order valence-corrected chi connectivity index (χ0v) is 7.00. The van der Waals surface area contributed by atoms with Crippen molar-refractivity contribution in [3.05, 3.63) is 0 Å². The van der Waals surface area contributed by atoms with E-state index in [1.807, 2.05) is 0 Å². The summed E-state index contributed by atoms with van der Waals surface area (Å²) in [6.45, 7) is 0.186. The number of hydrogen-bond donors (Lipinski definition) is 1. The molecule has 2 saturated heterocycles. The lowest BCUT2D eigenvalue weighted by molar-refractivity contribution is -0.240. The fourth-order valence-electron chi connectivity index (χ4n) is 1.47. The van der Waals surface area contributed by atoms with Gasteiger partial charge in [-0.15, -0.1) is 0 Å². The summed E-state index contributed by atoms with van der Waals surface area (Å²) in [5.74, 6) is 0. The highest BCUT2D eigenvalue weighted by molar-refractivity contribution is 5.62. The maximum atomic E-state index is 10.7. The average molecular weight is 190 g/mol. The Morgan fingerprint density at radius 1 is 1.54 bits per heavy atom. The van der Waals surface area contributed by atoms with Crippen LogP contribution >= 0.6 is 0 Å². The van der Waals surface area contributed by atoms with Gasteiger partial charge in [-0.25, -0.2) is 4.79 Å². The molecule has 4 atom stereocenters. The quantitative estimate of drug-likeness (QED) is 0.548. The van der Waals surface area contributed by atoms with Crippen LogP contribution in [0.4, 0.5) is 4.79 Å². The Bertz CT molecular complexity index is 217. The average Bonchev–Trinajstić information content (AvgIpc) is 2.47. The number of hydrogen-bond acceptors (Lipinski definition) is 6. The number of carbonyl (C=O) groups excluding carboxylic acids is 1. The second kappa shape index (κ2) is 3.13. The molecule has 6 heteroatoms. The normalized spacial score (nSPS) is 43.7. The number of aliphatic hydroxyl groups excluding tert-OH is 1. The van der Waals surface area contributed by atoms with Gasteiger partial charge in [-0.3, -0.25) is 0 Å². The third-order valence-corrected chi connectivity index (χ3v) is 2.12. The van der Waals surface area contributed by atoms with Crippen LogP contribution in [0, 0.1) is 0 Å². The molecule has 0 bridgehead atoms. The maximum absolute atomic E-state index is 10.7. The molecule has 2 rings (SSSR count). The lowest BCUT2D eigenvalue weighted by Gasteiger charge is -2.32. The first-order valence-corrected chi connectivity index (χ1v) is 3.92. The van der Waals surface area contributed by atoms with E-state index >= 15 is 0 Å². The Hall–Kier alpha value is -0.850. The van der Waals surface area contributed by atoms with Gasteiger partial charge in [0.05, 0.1) is 6.61 Å². The second-order valence-electron chi connectivity index (χ2n) is 2.92. The van der Waals surface area contributed by atoms with Gasteiger partial charge in [-0.2, -0.15) is 0 Å². The zero-order chi connectivity index (χ0) is 9.42. The Morgan fingerprint density at radius 3 is 3.00 bits per heavy atom. The Balaban J connectivity index is 2.07. The maximum Gasteiger partial charge on any atom is 0.509 e. The van der Waals surface area contributed by atoms with Gasteiger partial charge >= 0.3 is 6.16 Å². The molecule has 0 amide bonds. The van der Waals surface area contributed by atoms with Gasteiger partial charge in [0, 0.05) is 7.11 Å². The van der Waals surface area contributed by atoms with Crippen molar-refractivity contribution in [2.45, 2.75) is 24.6 Å². The monoisotopic (exact) mass is 190 g/mol. The van der Waals surface area contributed by atoms with Crippen LogP contribution in [0.5, 0.6) is 0 Å². The highest BCUT2D eigenvalue weighted by Crippen LogP contribution is 2.26. The molecule has 1 N–H and O–H groups in total. The molecular weight excluding hydrogens is 180 g/mol. The minimum Gasteiger partial charge on any atom is -0.424 e. The molecule has 0 aromatic carbocycles. The number of fused-ring (bicyclic) bond motifs is 1. The van der Waals surface area contributed by atoms with E-state index in [0.29, 0.717) is 0 Å². The summed E-state index contributed by atoms with van der Waals surface area (Å²) in [4.78, 5) is 10.7. The standard InChI is InChI=1S/C7H10O6/c1-10-6-4(8)5-3(2-11-6)12-7(9)13-5/h3-6,8H,2H2,1H3. The summed E-state index contributed by atoms with van der Waals surface area (Å²) in [5.41, 5.74) is 0. The summed E-state index contributed by atoms with van der Waals surface area (Å²) in [6, 6.07) is 0. The molecule has 0 aliphatic carbocycles. The predicted molar refractivity (Wildman–Crippen MR) is 37.9 cm³/mol. The zero-order valence-electron chi connectivity index (χ0n) is 7.00. The lowest BCUT2D eigenvalue weighted by Crippen LogP contribution is -2.52. The van der Waals surface area contributed by atoms with Crippen LogP contribution in [-0.2, 0) is 18.9 Å². The van der Waals surface area contributed by atoms with Crippen molar-refractivity contribution in [3.8, 4) is 0 Å². The number of carbonyl (C=O) groups is 1. The fourth-order valence-corrected chi connectivity index (χ4v) is 1.47. The number of methoxy groups -OCH3 is 1. The first-order valence-electron chi connectivity index (χ1n) is 3.92. The molecule has 13 heavy (non-hydrogen) atoms. The van der Waals surface area contributed by atoms with Gasteiger partial charge in [0.2, 0.25) is 0 Å². The first-order chi connectivity index (χ1) is 6.22. The predicted octanol–water partition coefficient (Wildman–Crippen LogP) is -0.746. The molecule has 0 radical (unpaired) electrons. The van der Waals surface area contributed by atoms with Gasteiger partial charge in [-0.05, 0) is 0 Å². The van der Waals surface area contributed by atoms with Crippen LogP contribution < -0.4 is 0 Å². The molecule has 2 aliphatic rings. The number of aliphatic hydroxyl groups is 1. The molecule has 6 nitrogen and oxygen atoms in total. The summed E-state index contributed by atoms with van der Waals surface area (Å²) < 4.78 is 19.4. The van der Waals surface area contributed by atoms with Gasteiger partial charge in [0.1, 0.15) is 6.10 Å². The van der Waals surface area contributed by atoms with Gasteiger partial charge in [0.15, 0.2) is 18.5 Å². The van der Waals surface area contributed by atoms with E-state index in [0.717, 1.165) is 0 Å². The number of rotatable bonds is 1. The summed E-state index contributed by atoms with van der Waals surface area (Å²) in [6.07, 6.45) is -3.71. The van der Waals surface area contributed by atoms with E-state index in [-0.39, 0.29) is 6.61 Å². The highest BCUT2D eigenvalue weighted by atomic mass is 16.8. The molecule has 2 aliphatic heterocycles. The molecule has 4 unspecified atom stereocenters. The van der Waals surface area contributed by atoms with Crippen LogP contribution in [0.15, 0.2) is 0 Å². The van der Waals surface area contributed by atoms with Crippen LogP contribution in [0.25, 0.3) is 0 Å². The lowest BCUT2D eigenvalue weighted by atomic mass is 10.1. The smallest absolute Gasteiger partial charge is 0.424 e. The van der Waals surface area contributed by atoms with Crippen molar-refractivity contribution in [1.29, 1.82) is 0 Å². The third kappa shape index (κ3) is 1.37. The molecule has 74 valence electrons. The van der Waals surface area contributed by atoms with Gasteiger partial charge in [0.25, 0.3) is 0 Å². The fraction of sp³-hybridized carbons (Fsp3) is 0.857. The van der Waals surface area contributed by atoms with Crippen molar-refractivity contribution < 1.29 is 28.8 Å². The molecule has 0 saturated carbocycles. The first kappa shape index (κ1) is 8.74. The van der Waals surface area contributed by atoms with Crippen molar-refractivity contribution in [2.24, 2.45) is 0 Å². The van der Waals surface area contributed by atoms with E-state index in [1.165, 1.54) is 7.11 Å². The van der Waals surface area contributed by atoms with Crippen molar-refractivity contribution in [1.82, 2.24) is 0 Å². The molecule has 0 aromatic heterocycles. The summed E-state index contributed by atoms with van der Waals surface area (Å²) in [7, 11) is 1.41. The summed E-state index contributed by atoms with van der Waals surface area (Å²) >= 11 is 0. The van der Waals surface area contributed by atoms with Crippen molar-refractivity contribution >= 4 is 6.16 Å². The molecule has 0 aromatic rings. The topological polar surface area (TPSA) is 74.2 Å². The van der Waals surface area contributed by atoms with Crippen molar-refractivity contribution in [3.63, 3.8) is 0 Å². The van der Waals surface area contributed by atoms with Gasteiger partial charge < -0.3 is 24.1 Å². The van der Waals surface area contributed by atoms with Crippen LogP contribution in [-0.4, -0.2) is 49.6 Å². The third-order valence-electron chi connectivity index (χ3n) is 2.12. The van der Waals surface area contributed by atoms with Crippen LogP contribution in [0.1, 0.15) is 0 Å². The van der Waals surface area contributed by atoms with Crippen LogP contribution in [0.2, 0.25) is 0 Å². The highest BCUT2D eigenvalue weighted by Gasteiger charge is 2.49.